The van der Waals surface area contributed by atoms with Crippen LogP contribution < -0.4 is 0 Å². The second-order valence-electron chi connectivity index (χ2n) is 15.6. The van der Waals surface area contributed by atoms with Gasteiger partial charge in [-0.05, 0) is 75.0 Å². The summed E-state index contributed by atoms with van der Waals surface area (Å²) in [7, 11) is 0. The van der Waals surface area contributed by atoms with E-state index < -0.39 is 91.9 Å². The number of aliphatic hydroxyl groups excluding tert-OH is 9. The van der Waals surface area contributed by atoms with Crippen molar-refractivity contribution in [3.05, 3.63) is 0 Å². The van der Waals surface area contributed by atoms with E-state index in [0.717, 1.165) is 25.7 Å². The normalized spacial score (nSPS) is 53.2. The molecule has 5 fully saturated rings. The molecule has 46 heavy (non-hydrogen) atoms. The topological polar surface area (TPSA) is 228 Å². The maximum atomic E-state index is 11.3. The van der Waals surface area contributed by atoms with Crippen LogP contribution in [0.5, 0.6) is 0 Å². The summed E-state index contributed by atoms with van der Waals surface area (Å²) in [6.07, 6.45) is -10.8. The monoisotopic (exact) mass is 664 g/mol. The van der Waals surface area contributed by atoms with Gasteiger partial charge >= 0.3 is 0 Å². The molecule has 14 nitrogen and oxygen atoms in total. The lowest BCUT2D eigenvalue weighted by Gasteiger charge is -2.66. The highest BCUT2D eigenvalue weighted by atomic mass is 16.7. The Labute approximate surface area is 270 Å². The van der Waals surface area contributed by atoms with Crippen LogP contribution >= 0.6 is 0 Å². The summed E-state index contributed by atoms with van der Waals surface area (Å²) in [5.74, 6) is 0.381. The van der Waals surface area contributed by atoms with Crippen molar-refractivity contribution in [2.24, 2.45) is 22.7 Å². The molecular formula is C32H56O14. The predicted molar refractivity (Wildman–Crippen MR) is 159 cm³/mol. The smallest absolute Gasteiger partial charge is 0.186 e. The summed E-state index contributed by atoms with van der Waals surface area (Å²) >= 11 is 0. The molecule has 0 amide bonds. The molecule has 5 rings (SSSR count). The van der Waals surface area contributed by atoms with Crippen LogP contribution in [-0.4, -0.2) is 151 Å². The third-order valence-electron chi connectivity index (χ3n) is 12.4. The fourth-order valence-electron chi connectivity index (χ4n) is 9.64. The zero-order valence-corrected chi connectivity index (χ0v) is 27.5. The average Bonchev–Trinajstić information content (AvgIpc) is 3.00. The van der Waals surface area contributed by atoms with Crippen molar-refractivity contribution in [3.8, 4) is 0 Å². The minimum absolute atomic E-state index is 0.134. The molecule has 0 radical (unpaired) electrons. The lowest BCUT2D eigenvalue weighted by molar-refractivity contribution is -0.338. The molecule has 17 atom stereocenters. The molecule has 0 aromatic carbocycles. The second kappa shape index (κ2) is 13.3. The number of hydrogen-bond donors (Lipinski definition) is 9. The van der Waals surface area contributed by atoms with Gasteiger partial charge in [-0.1, -0.05) is 20.8 Å². The third-order valence-corrected chi connectivity index (χ3v) is 12.4. The molecule has 0 aromatic heterocycles. The summed E-state index contributed by atoms with van der Waals surface area (Å²) in [6, 6.07) is 0. The Hall–Kier alpha value is -0.560. The second-order valence-corrected chi connectivity index (χ2v) is 15.6. The molecule has 268 valence electrons. The summed E-state index contributed by atoms with van der Waals surface area (Å²) in [5.41, 5.74) is -2.01. The van der Waals surface area contributed by atoms with Crippen molar-refractivity contribution in [1.29, 1.82) is 0 Å². The van der Waals surface area contributed by atoms with Crippen molar-refractivity contribution in [3.63, 3.8) is 0 Å². The van der Waals surface area contributed by atoms with E-state index in [-0.39, 0.29) is 35.4 Å². The van der Waals surface area contributed by atoms with E-state index in [9.17, 15) is 46.0 Å². The van der Waals surface area contributed by atoms with E-state index >= 15 is 0 Å². The molecule has 2 aliphatic carbocycles. The van der Waals surface area contributed by atoms with E-state index in [1.54, 1.807) is 0 Å². The first-order valence-corrected chi connectivity index (χ1v) is 16.7. The van der Waals surface area contributed by atoms with Crippen LogP contribution in [0.25, 0.3) is 0 Å². The van der Waals surface area contributed by atoms with E-state index in [2.05, 4.69) is 27.7 Å². The van der Waals surface area contributed by atoms with Crippen LogP contribution in [0.1, 0.15) is 73.1 Å². The number of ether oxygens (including phenoxy) is 5. The van der Waals surface area contributed by atoms with Gasteiger partial charge in [-0.25, -0.2) is 0 Å². The zero-order chi connectivity index (χ0) is 34.0. The van der Waals surface area contributed by atoms with Crippen molar-refractivity contribution in [2.75, 3.05) is 19.8 Å². The fraction of sp³-hybridized carbons (Fsp3) is 1.00. The Bertz CT molecular complexity index is 1040. The number of rotatable bonds is 8. The van der Waals surface area contributed by atoms with Crippen LogP contribution in [0.15, 0.2) is 0 Å². The largest absolute Gasteiger partial charge is 0.394 e. The van der Waals surface area contributed by atoms with Gasteiger partial charge in [-0.2, -0.15) is 0 Å². The summed E-state index contributed by atoms with van der Waals surface area (Å²) in [5, 5.41) is 92.0. The third kappa shape index (κ3) is 6.19. The minimum atomic E-state index is -1.58. The Morgan fingerprint density at radius 2 is 1.22 bits per heavy atom. The molecule has 14 heteroatoms. The first kappa shape index (κ1) is 36.7. The maximum Gasteiger partial charge on any atom is 0.186 e. The highest BCUT2D eigenvalue weighted by Gasteiger charge is 2.64. The Morgan fingerprint density at radius 3 is 1.80 bits per heavy atom. The summed E-state index contributed by atoms with van der Waals surface area (Å²) < 4.78 is 30.0. The van der Waals surface area contributed by atoms with Crippen molar-refractivity contribution < 1.29 is 69.6 Å². The molecule has 0 aromatic rings. The molecule has 0 bridgehead atoms. The van der Waals surface area contributed by atoms with Gasteiger partial charge in [0.25, 0.3) is 0 Å². The fourth-order valence-corrected chi connectivity index (χ4v) is 9.64. The van der Waals surface area contributed by atoms with Crippen LogP contribution in [0.2, 0.25) is 0 Å². The molecule has 17 unspecified atom stereocenters. The van der Waals surface area contributed by atoms with Crippen molar-refractivity contribution >= 4 is 0 Å². The van der Waals surface area contributed by atoms with Crippen molar-refractivity contribution in [2.45, 2.75) is 158 Å². The van der Waals surface area contributed by atoms with Gasteiger partial charge in [-0.15, -0.1) is 0 Å². The molecule has 3 aliphatic heterocycles. The number of fused-ring (bicyclic) bond motifs is 3. The quantitative estimate of drug-likeness (QED) is 0.135. The molecule has 2 saturated carbocycles. The van der Waals surface area contributed by atoms with Crippen LogP contribution in [0.4, 0.5) is 0 Å². The predicted octanol–water partition coefficient (Wildman–Crippen LogP) is -1.47. The van der Waals surface area contributed by atoms with Gasteiger partial charge in [0.05, 0.1) is 37.1 Å². The van der Waals surface area contributed by atoms with Gasteiger partial charge in [0, 0.05) is 0 Å². The van der Waals surface area contributed by atoms with Gasteiger partial charge in [0.1, 0.15) is 54.9 Å². The molecular weight excluding hydrogens is 608 g/mol. The van der Waals surface area contributed by atoms with E-state index in [4.69, 9.17) is 23.7 Å². The average molecular weight is 665 g/mol. The minimum Gasteiger partial charge on any atom is -0.394 e. The first-order valence-electron chi connectivity index (χ1n) is 16.7. The molecule has 0 spiro atoms. The highest BCUT2D eigenvalue weighted by molar-refractivity contribution is 5.13. The Kier molecular flexibility index (Phi) is 10.6. The van der Waals surface area contributed by atoms with Crippen LogP contribution in [0.3, 0.4) is 0 Å². The molecule has 9 N–H and O–H groups in total. The highest BCUT2D eigenvalue weighted by Crippen LogP contribution is 2.66. The van der Waals surface area contributed by atoms with Gasteiger partial charge in [0.2, 0.25) is 0 Å². The number of hydrogen-bond acceptors (Lipinski definition) is 14. The Balaban J connectivity index is 1.24. The van der Waals surface area contributed by atoms with Gasteiger partial charge in [0.15, 0.2) is 12.6 Å². The van der Waals surface area contributed by atoms with E-state index in [1.807, 2.05) is 6.92 Å². The number of aliphatic hydroxyl groups is 9. The van der Waals surface area contributed by atoms with Crippen LogP contribution in [0, 0.1) is 22.7 Å². The molecule has 3 saturated heterocycles. The van der Waals surface area contributed by atoms with Gasteiger partial charge in [-0.3, -0.25) is 0 Å². The van der Waals surface area contributed by atoms with Gasteiger partial charge < -0.3 is 69.6 Å². The lowest BCUT2D eigenvalue weighted by atomic mass is 9.43. The summed E-state index contributed by atoms with van der Waals surface area (Å²) in [4.78, 5) is 0. The van der Waals surface area contributed by atoms with Crippen molar-refractivity contribution in [1.82, 2.24) is 0 Å². The SMILES string of the molecule is CC1(C(O)COC2OC(CO)C(O)C(O)C2O)CCC2C(C)(CCC3C(C)(C)C(OC4OC(CO)C(O)C(O)C4O)CCC23C)O1. The zero-order valence-electron chi connectivity index (χ0n) is 27.5. The lowest BCUT2D eigenvalue weighted by Crippen LogP contribution is -2.67. The Morgan fingerprint density at radius 1 is 0.674 bits per heavy atom. The molecule has 3 heterocycles. The molecule has 5 aliphatic rings. The summed E-state index contributed by atoms with van der Waals surface area (Å²) in [6.45, 7) is 9.20. The standard InChI is InChI=1S/C32H56O14/c1-29(2)17-6-10-31(4)18(30(17,3)9-8-20(29)45-28-26(41)24(39)22(37)16(13-34)44-28)7-11-32(5,46-31)19(35)14-42-27-25(40)23(38)21(36)15(12-33)43-27/h15-28,33-41H,6-14H2,1-5H3. The maximum absolute atomic E-state index is 11.3. The first-order chi connectivity index (χ1) is 21.4. The van der Waals surface area contributed by atoms with E-state index in [0.29, 0.717) is 12.8 Å². The van der Waals surface area contributed by atoms with E-state index in [1.165, 1.54) is 0 Å². The van der Waals surface area contributed by atoms with Crippen LogP contribution in [-0.2, 0) is 23.7 Å².